The first-order valence-electron chi connectivity index (χ1n) is 5.38. The Morgan fingerprint density at radius 1 is 1.32 bits per heavy atom. The van der Waals surface area contributed by atoms with Gasteiger partial charge in [-0.3, -0.25) is 9.78 Å². The number of hydrogen-bond donors (Lipinski definition) is 2. The van der Waals surface area contributed by atoms with E-state index in [4.69, 9.17) is 4.55 Å². The predicted octanol–water partition coefficient (Wildman–Crippen LogP) is 1.62. The van der Waals surface area contributed by atoms with Crippen LogP contribution >= 0.6 is 0 Å². The van der Waals surface area contributed by atoms with Crippen LogP contribution in [0.5, 0.6) is 0 Å². The minimum absolute atomic E-state index is 0.0871. The lowest BCUT2D eigenvalue weighted by molar-refractivity contribution is 0.102. The Labute approximate surface area is 112 Å². The highest BCUT2D eigenvalue weighted by Crippen LogP contribution is 2.16. The van der Waals surface area contributed by atoms with Crippen molar-refractivity contribution in [3.05, 3.63) is 47.9 Å². The van der Waals surface area contributed by atoms with E-state index >= 15 is 0 Å². The number of hydrogen-bond acceptors (Lipinski definition) is 4. The van der Waals surface area contributed by atoms with E-state index < -0.39 is 17.0 Å². The molecule has 2 aromatic heterocycles. The molecule has 0 aliphatic rings. The van der Waals surface area contributed by atoms with Crippen LogP contribution in [0.2, 0.25) is 0 Å². The third kappa shape index (κ3) is 3.21. The van der Waals surface area contributed by atoms with Crippen molar-refractivity contribution in [3.63, 3.8) is 0 Å². The number of carbonyl (C=O) groups is 1. The lowest BCUT2D eigenvalue weighted by Crippen LogP contribution is -2.14. The SMILES string of the molecule is Cc1ccc(C(=O)Nc2cccnc2S(=O)O)cn1. The van der Waals surface area contributed by atoms with Crippen molar-refractivity contribution in [2.24, 2.45) is 0 Å². The second-order valence-electron chi connectivity index (χ2n) is 3.75. The van der Waals surface area contributed by atoms with Crippen LogP contribution in [0.4, 0.5) is 5.69 Å². The summed E-state index contributed by atoms with van der Waals surface area (Å²) in [6, 6.07) is 6.42. The molecule has 1 atom stereocenters. The molecule has 0 saturated carbocycles. The van der Waals surface area contributed by atoms with E-state index in [0.29, 0.717) is 5.56 Å². The van der Waals surface area contributed by atoms with Gasteiger partial charge in [-0.2, -0.15) is 0 Å². The molecular weight excluding hydrogens is 266 g/mol. The maximum absolute atomic E-state index is 11.9. The highest BCUT2D eigenvalue weighted by Gasteiger charge is 2.13. The summed E-state index contributed by atoms with van der Waals surface area (Å²) in [6.45, 7) is 1.82. The first-order chi connectivity index (χ1) is 9.08. The Morgan fingerprint density at radius 3 is 2.74 bits per heavy atom. The fourth-order valence-corrected chi connectivity index (χ4v) is 1.88. The number of anilines is 1. The monoisotopic (exact) mass is 277 g/mol. The van der Waals surface area contributed by atoms with E-state index in [1.54, 1.807) is 18.2 Å². The summed E-state index contributed by atoms with van der Waals surface area (Å²) in [4.78, 5) is 19.7. The van der Waals surface area contributed by atoms with Crippen molar-refractivity contribution in [2.45, 2.75) is 11.9 Å². The molecule has 0 spiro atoms. The van der Waals surface area contributed by atoms with E-state index in [0.717, 1.165) is 5.69 Å². The molecule has 0 aliphatic carbocycles. The normalized spacial score (nSPS) is 11.9. The van der Waals surface area contributed by atoms with Crippen LogP contribution in [0.15, 0.2) is 41.7 Å². The van der Waals surface area contributed by atoms with Crippen LogP contribution < -0.4 is 5.32 Å². The molecular formula is C12H11N3O3S. The molecule has 1 unspecified atom stereocenters. The molecule has 98 valence electrons. The molecule has 0 saturated heterocycles. The van der Waals surface area contributed by atoms with Crippen LogP contribution in [0.1, 0.15) is 16.1 Å². The van der Waals surface area contributed by atoms with Crippen molar-refractivity contribution in [1.29, 1.82) is 0 Å². The first-order valence-corrected chi connectivity index (χ1v) is 6.48. The van der Waals surface area contributed by atoms with Crippen LogP contribution in [0.3, 0.4) is 0 Å². The largest absolute Gasteiger partial charge is 0.319 e. The van der Waals surface area contributed by atoms with Gasteiger partial charge in [0.2, 0.25) is 11.1 Å². The molecule has 0 aliphatic heterocycles. The molecule has 0 bridgehead atoms. The van der Waals surface area contributed by atoms with Crippen molar-refractivity contribution in [3.8, 4) is 0 Å². The summed E-state index contributed by atoms with van der Waals surface area (Å²) in [5.41, 5.74) is 1.37. The molecule has 19 heavy (non-hydrogen) atoms. The summed E-state index contributed by atoms with van der Waals surface area (Å²) in [5, 5.41) is 2.45. The van der Waals surface area contributed by atoms with Gasteiger partial charge in [0, 0.05) is 18.1 Å². The fourth-order valence-electron chi connectivity index (χ4n) is 1.42. The lowest BCUT2D eigenvalue weighted by Gasteiger charge is -2.07. The van der Waals surface area contributed by atoms with Crippen molar-refractivity contribution in [2.75, 3.05) is 5.32 Å². The molecule has 2 aromatic rings. The molecule has 2 heterocycles. The highest BCUT2D eigenvalue weighted by molar-refractivity contribution is 7.79. The zero-order valence-corrected chi connectivity index (χ0v) is 10.8. The number of nitrogens with one attached hydrogen (secondary N) is 1. The van der Waals surface area contributed by atoms with Gasteiger partial charge in [0.25, 0.3) is 5.91 Å². The van der Waals surface area contributed by atoms with E-state index in [2.05, 4.69) is 15.3 Å². The van der Waals surface area contributed by atoms with Gasteiger partial charge in [0.05, 0.1) is 11.3 Å². The molecule has 6 nitrogen and oxygen atoms in total. The lowest BCUT2D eigenvalue weighted by atomic mass is 10.2. The van der Waals surface area contributed by atoms with Gasteiger partial charge >= 0.3 is 0 Å². The van der Waals surface area contributed by atoms with Crippen molar-refractivity contribution in [1.82, 2.24) is 9.97 Å². The maximum Gasteiger partial charge on any atom is 0.257 e. The predicted molar refractivity (Wildman–Crippen MR) is 70.2 cm³/mol. The average molecular weight is 277 g/mol. The van der Waals surface area contributed by atoms with E-state index in [1.807, 2.05) is 6.92 Å². The Kier molecular flexibility index (Phi) is 3.98. The van der Waals surface area contributed by atoms with E-state index in [9.17, 15) is 9.00 Å². The minimum atomic E-state index is -2.26. The summed E-state index contributed by atoms with van der Waals surface area (Å²) in [5.74, 6) is -0.410. The van der Waals surface area contributed by atoms with Crippen LogP contribution in [-0.4, -0.2) is 24.6 Å². The van der Waals surface area contributed by atoms with Gasteiger partial charge in [0.15, 0.2) is 5.03 Å². The van der Waals surface area contributed by atoms with Gasteiger partial charge in [-0.1, -0.05) is 0 Å². The number of rotatable bonds is 3. The summed E-state index contributed by atoms with van der Waals surface area (Å²) >= 11 is -2.26. The molecule has 2 N–H and O–H groups in total. The number of carbonyl (C=O) groups excluding carboxylic acids is 1. The topological polar surface area (TPSA) is 92.2 Å². The van der Waals surface area contributed by atoms with Gasteiger partial charge in [-0.05, 0) is 31.2 Å². The standard InChI is InChI=1S/C12H11N3O3S/c1-8-4-5-9(7-14-8)11(16)15-10-3-2-6-13-12(10)19(17)18/h2-7H,1H3,(H,15,16)(H,17,18). The third-order valence-electron chi connectivity index (χ3n) is 2.36. The zero-order valence-electron chi connectivity index (χ0n) is 10.0. The summed E-state index contributed by atoms with van der Waals surface area (Å²) < 4.78 is 20.1. The summed E-state index contributed by atoms with van der Waals surface area (Å²) in [7, 11) is 0. The second-order valence-corrected chi connectivity index (χ2v) is 4.63. The Bertz CT molecular complexity index is 628. The average Bonchev–Trinajstić information content (AvgIpc) is 2.39. The third-order valence-corrected chi connectivity index (χ3v) is 3.01. The van der Waals surface area contributed by atoms with Crippen molar-refractivity contribution < 1.29 is 13.6 Å². The minimum Gasteiger partial charge on any atom is -0.319 e. The van der Waals surface area contributed by atoms with Gasteiger partial charge in [-0.25, -0.2) is 9.19 Å². The molecule has 0 fully saturated rings. The number of nitrogens with zero attached hydrogens (tertiary/aromatic N) is 2. The molecule has 7 heteroatoms. The van der Waals surface area contributed by atoms with E-state index in [-0.39, 0.29) is 10.7 Å². The quantitative estimate of drug-likeness (QED) is 0.832. The van der Waals surface area contributed by atoms with Crippen LogP contribution in [0, 0.1) is 6.92 Å². The van der Waals surface area contributed by atoms with Crippen LogP contribution in [-0.2, 0) is 11.1 Å². The van der Waals surface area contributed by atoms with E-state index in [1.165, 1.54) is 18.5 Å². The Balaban J connectivity index is 2.24. The number of aromatic nitrogens is 2. The van der Waals surface area contributed by atoms with Crippen LogP contribution in [0.25, 0.3) is 0 Å². The Morgan fingerprint density at radius 2 is 2.11 bits per heavy atom. The number of aryl methyl sites for hydroxylation is 1. The first kappa shape index (κ1) is 13.3. The fraction of sp³-hybridized carbons (Fsp3) is 0.0833. The highest BCUT2D eigenvalue weighted by atomic mass is 32.2. The van der Waals surface area contributed by atoms with Gasteiger partial charge in [-0.15, -0.1) is 0 Å². The summed E-state index contributed by atoms with van der Waals surface area (Å²) in [6.07, 6.45) is 2.82. The molecule has 0 radical (unpaired) electrons. The second kappa shape index (κ2) is 5.68. The Hall–Kier alpha value is -2.12. The number of pyridine rings is 2. The smallest absolute Gasteiger partial charge is 0.257 e. The number of amides is 1. The zero-order chi connectivity index (χ0) is 13.8. The van der Waals surface area contributed by atoms with Gasteiger partial charge < -0.3 is 9.87 Å². The molecule has 0 aromatic carbocycles. The molecule has 1 amide bonds. The van der Waals surface area contributed by atoms with Crippen molar-refractivity contribution >= 4 is 22.7 Å². The maximum atomic E-state index is 11.9. The van der Waals surface area contributed by atoms with Gasteiger partial charge in [0.1, 0.15) is 0 Å². The molecule has 2 rings (SSSR count).